The van der Waals surface area contributed by atoms with E-state index < -0.39 is 10.0 Å². The van der Waals surface area contributed by atoms with Crippen molar-refractivity contribution in [1.29, 1.82) is 0 Å². The zero-order valence-corrected chi connectivity index (χ0v) is 18.0. The van der Waals surface area contributed by atoms with Gasteiger partial charge in [-0.1, -0.05) is 6.07 Å². The molecule has 0 radical (unpaired) electrons. The largest absolute Gasteiger partial charge is 0.494 e. The number of carbonyl (C=O) groups is 1. The zero-order valence-electron chi connectivity index (χ0n) is 17.1. The Morgan fingerprint density at radius 2 is 1.83 bits per heavy atom. The first kappa shape index (κ1) is 21.2. The van der Waals surface area contributed by atoms with Crippen LogP contribution in [0.4, 0.5) is 5.69 Å². The smallest absolute Gasteiger partial charge is 0.261 e. The van der Waals surface area contributed by atoms with Gasteiger partial charge in [-0.15, -0.1) is 0 Å². The van der Waals surface area contributed by atoms with E-state index in [9.17, 15) is 13.2 Å². The van der Waals surface area contributed by atoms with Crippen molar-refractivity contribution in [3.05, 3.63) is 53.6 Å². The molecular weight excluding hydrogens is 388 g/mol. The Morgan fingerprint density at radius 1 is 1.14 bits per heavy atom. The third-order valence-corrected chi connectivity index (χ3v) is 6.39. The molecule has 0 atom stereocenters. The average Bonchev–Trinajstić information content (AvgIpc) is 3.51. The van der Waals surface area contributed by atoms with Gasteiger partial charge >= 0.3 is 0 Å². The standard InChI is InChI=1S/C22H28N2O4S/c1-4-24(15-17-7-8-17)22(25)21-14-20(13-6-16(21)3)29(26,27)23-18-9-11-19(12-10-18)28-5-2/h6,9-14,17,23H,4-5,7-8,15H2,1-3H3. The van der Waals surface area contributed by atoms with Crippen LogP contribution in [0.2, 0.25) is 0 Å². The molecule has 6 nitrogen and oxygen atoms in total. The topological polar surface area (TPSA) is 75.7 Å². The van der Waals surface area contributed by atoms with Gasteiger partial charge in [-0.25, -0.2) is 8.42 Å². The van der Waals surface area contributed by atoms with Gasteiger partial charge in [0.1, 0.15) is 5.75 Å². The predicted octanol–water partition coefficient (Wildman–Crippen LogP) is 4.07. The van der Waals surface area contributed by atoms with E-state index in [4.69, 9.17) is 4.74 Å². The van der Waals surface area contributed by atoms with E-state index >= 15 is 0 Å². The highest BCUT2D eigenvalue weighted by molar-refractivity contribution is 7.92. The number of hydrogen-bond acceptors (Lipinski definition) is 4. The van der Waals surface area contributed by atoms with E-state index in [2.05, 4.69) is 4.72 Å². The lowest BCUT2D eigenvalue weighted by molar-refractivity contribution is 0.0756. The predicted molar refractivity (Wildman–Crippen MR) is 114 cm³/mol. The summed E-state index contributed by atoms with van der Waals surface area (Å²) in [4.78, 5) is 14.9. The van der Waals surface area contributed by atoms with Crippen molar-refractivity contribution in [2.75, 3.05) is 24.4 Å². The lowest BCUT2D eigenvalue weighted by Crippen LogP contribution is -2.33. The Kier molecular flexibility index (Phi) is 6.47. The van der Waals surface area contributed by atoms with Gasteiger partial charge in [0.05, 0.1) is 11.5 Å². The van der Waals surface area contributed by atoms with Crippen LogP contribution in [0.3, 0.4) is 0 Å². The van der Waals surface area contributed by atoms with Crippen molar-refractivity contribution in [2.45, 2.75) is 38.5 Å². The Bertz CT molecular complexity index is 967. The maximum Gasteiger partial charge on any atom is 0.261 e. The fraction of sp³-hybridized carbons (Fsp3) is 0.409. The van der Waals surface area contributed by atoms with Crippen LogP contribution in [0, 0.1) is 12.8 Å². The quantitative estimate of drug-likeness (QED) is 0.669. The summed E-state index contributed by atoms with van der Waals surface area (Å²) in [5.41, 5.74) is 1.64. The monoisotopic (exact) mass is 416 g/mol. The number of ether oxygens (including phenoxy) is 1. The SMILES string of the molecule is CCOc1ccc(NS(=O)(=O)c2ccc(C)c(C(=O)N(CC)CC3CC3)c2)cc1. The summed E-state index contributed by atoms with van der Waals surface area (Å²) < 4.78 is 33.7. The number of hydrogen-bond donors (Lipinski definition) is 1. The summed E-state index contributed by atoms with van der Waals surface area (Å²) in [6.07, 6.45) is 2.31. The number of amides is 1. The van der Waals surface area contributed by atoms with Gasteiger partial charge in [-0.3, -0.25) is 9.52 Å². The molecule has 0 aromatic heterocycles. The molecule has 0 bridgehead atoms. The van der Waals surface area contributed by atoms with Crippen molar-refractivity contribution < 1.29 is 17.9 Å². The van der Waals surface area contributed by atoms with E-state index in [1.807, 2.05) is 20.8 Å². The van der Waals surface area contributed by atoms with Crippen LogP contribution in [0.5, 0.6) is 5.75 Å². The molecule has 1 fully saturated rings. The Balaban J connectivity index is 1.82. The molecular formula is C22H28N2O4S. The summed E-state index contributed by atoms with van der Waals surface area (Å²) in [6, 6.07) is 11.4. The molecule has 3 rings (SSSR count). The van der Waals surface area contributed by atoms with Crippen LogP contribution in [-0.4, -0.2) is 38.9 Å². The molecule has 1 aliphatic rings. The highest BCUT2D eigenvalue weighted by Crippen LogP contribution is 2.30. The summed E-state index contributed by atoms with van der Waals surface area (Å²) in [5, 5.41) is 0. The second-order valence-corrected chi connectivity index (χ2v) is 9.01. The van der Waals surface area contributed by atoms with Crippen LogP contribution < -0.4 is 9.46 Å². The van der Waals surface area contributed by atoms with Gasteiger partial charge in [0, 0.05) is 24.3 Å². The van der Waals surface area contributed by atoms with E-state index in [-0.39, 0.29) is 10.8 Å². The number of nitrogens with one attached hydrogen (secondary N) is 1. The van der Waals surface area contributed by atoms with Crippen LogP contribution in [0.1, 0.15) is 42.6 Å². The summed E-state index contributed by atoms with van der Waals surface area (Å²) >= 11 is 0. The Hall–Kier alpha value is -2.54. The molecule has 2 aromatic carbocycles. The van der Waals surface area contributed by atoms with Gasteiger partial charge in [0.25, 0.3) is 15.9 Å². The fourth-order valence-corrected chi connectivity index (χ4v) is 4.22. The molecule has 0 aliphatic heterocycles. The normalized spacial score (nSPS) is 13.8. The zero-order chi connectivity index (χ0) is 21.0. The van der Waals surface area contributed by atoms with Crippen LogP contribution in [0.25, 0.3) is 0 Å². The third kappa shape index (κ3) is 5.29. The summed E-state index contributed by atoms with van der Waals surface area (Å²) in [7, 11) is -3.82. The molecule has 7 heteroatoms. The van der Waals surface area contributed by atoms with Crippen molar-refractivity contribution >= 4 is 21.6 Å². The first-order valence-electron chi connectivity index (χ1n) is 9.99. The number of nitrogens with zero attached hydrogens (tertiary/aromatic N) is 1. The number of anilines is 1. The molecule has 1 aliphatic carbocycles. The van der Waals surface area contributed by atoms with E-state index in [1.54, 1.807) is 35.2 Å². The highest BCUT2D eigenvalue weighted by atomic mass is 32.2. The second kappa shape index (κ2) is 8.86. The molecule has 1 saturated carbocycles. The first-order chi connectivity index (χ1) is 13.8. The van der Waals surface area contributed by atoms with Gasteiger partial charge in [-0.05, 0) is 81.5 Å². The molecule has 0 spiro atoms. The lowest BCUT2D eigenvalue weighted by atomic mass is 10.1. The van der Waals surface area contributed by atoms with E-state index in [1.165, 1.54) is 12.1 Å². The number of carbonyl (C=O) groups excluding carboxylic acids is 1. The minimum atomic E-state index is -3.82. The molecule has 0 unspecified atom stereocenters. The maximum absolute atomic E-state index is 13.0. The number of sulfonamides is 1. The highest BCUT2D eigenvalue weighted by Gasteiger charge is 2.27. The van der Waals surface area contributed by atoms with Gasteiger partial charge < -0.3 is 9.64 Å². The minimum absolute atomic E-state index is 0.0720. The van der Waals surface area contributed by atoms with Gasteiger partial charge in [-0.2, -0.15) is 0 Å². The van der Waals surface area contributed by atoms with E-state index in [0.717, 1.165) is 24.9 Å². The Labute approximate surface area is 172 Å². The minimum Gasteiger partial charge on any atom is -0.494 e. The fourth-order valence-electron chi connectivity index (χ4n) is 3.14. The van der Waals surface area contributed by atoms with Gasteiger partial charge in [0.2, 0.25) is 0 Å². The molecule has 156 valence electrons. The molecule has 2 aromatic rings. The second-order valence-electron chi connectivity index (χ2n) is 7.33. The molecule has 1 N–H and O–H groups in total. The molecule has 0 heterocycles. The van der Waals surface area contributed by atoms with Crippen LogP contribution in [0.15, 0.2) is 47.4 Å². The van der Waals surface area contributed by atoms with Crippen molar-refractivity contribution in [1.82, 2.24) is 4.90 Å². The van der Waals surface area contributed by atoms with E-state index in [0.29, 0.717) is 36.1 Å². The van der Waals surface area contributed by atoms with Gasteiger partial charge in [0.15, 0.2) is 0 Å². The number of aryl methyl sites for hydroxylation is 1. The summed E-state index contributed by atoms with van der Waals surface area (Å²) in [5.74, 6) is 1.14. The lowest BCUT2D eigenvalue weighted by Gasteiger charge is -2.22. The number of benzene rings is 2. The van der Waals surface area contributed by atoms with Crippen molar-refractivity contribution in [2.24, 2.45) is 5.92 Å². The Morgan fingerprint density at radius 3 is 2.41 bits per heavy atom. The maximum atomic E-state index is 13.0. The third-order valence-electron chi connectivity index (χ3n) is 5.01. The number of rotatable bonds is 9. The molecule has 29 heavy (non-hydrogen) atoms. The molecule has 1 amide bonds. The van der Waals surface area contributed by atoms with Crippen LogP contribution >= 0.6 is 0 Å². The first-order valence-corrected chi connectivity index (χ1v) is 11.5. The average molecular weight is 417 g/mol. The van der Waals surface area contributed by atoms with Crippen molar-refractivity contribution in [3.8, 4) is 5.75 Å². The van der Waals surface area contributed by atoms with Crippen LogP contribution in [-0.2, 0) is 10.0 Å². The molecule has 0 saturated heterocycles. The van der Waals surface area contributed by atoms with Crippen molar-refractivity contribution in [3.63, 3.8) is 0 Å². The summed E-state index contributed by atoms with van der Waals surface area (Å²) in [6.45, 7) is 7.54.